The summed E-state index contributed by atoms with van der Waals surface area (Å²) in [6.45, 7) is 18.5. The molecule has 0 fully saturated rings. The summed E-state index contributed by atoms with van der Waals surface area (Å²) < 4.78 is 10.1. The van der Waals surface area contributed by atoms with Gasteiger partial charge in [0, 0.05) is 6.04 Å². The Hall–Kier alpha value is -3.10. The second-order valence-corrected chi connectivity index (χ2v) is 12.0. The molecule has 1 aromatic carbocycles. The Labute approximate surface area is 234 Å². The van der Waals surface area contributed by atoms with Crippen LogP contribution in [0.3, 0.4) is 0 Å². The summed E-state index contributed by atoms with van der Waals surface area (Å²) in [6, 6.07) is 3.41. The zero-order valence-electron chi connectivity index (χ0n) is 25.6. The Kier molecular flexibility index (Phi) is 13.0. The van der Waals surface area contributed by atoms with Crippen LogP contribution in [0, 0.1) is 25.7 Å². The van der Waals surface area contributed by atoms with Gasteiger partial charge in [-0.3, -0.25) is 14.4 Å². The maximum absolute atomic E-state index is 14.4. The zero-order chi connectivity index (χ0) is 30.1. The number of amides is 3. The molecule has 0 aliphatic carbocycles. The van der Waals surface area contributed by atoms with Crippen LogP contribution in [-0.2, 0) is 23.9 Å². The lowest BCUT2D eigenvalue weighted by Gasteiger charge is -2.40. The van der Waals surface area contributed by atoms with Crippen LogP contribution >= 0.6 is 0 Å². The van der Waals surface area contributed by atoms with Crippen molar-refractivity contribution >= 4 is 23.9 Å². The van der Waals surface area contributed by atoms with Crippen LogP contribution in [0.5, 0.6) is 0 Å². The van der Waals surface area contributed by atoms with E-state index >= 15 is 0 Å². The molecule has 0 spiro atoms. The Morgan fingerprint density at radius 3 is 2.10 bits per heavy atom. The summed E-state index contributed by atoms with van der Waals surface area (Å²) in [5.41, 5.74) is 1.67. The minimum Gasteiger partial charge on any atom is -0.468 e. The van der Waals surface area contributed by atoms with E-state index in [1.165, 1.54) is 7.11 Å². The second kappa shape index (κ2) is 14.9. The predicted octanol–water partition coefficient (Wildman–Crippen LogP) is 4.84. The number of hydrogen-bond donors (Lipinski definition) is 2. The maximum atomic E-state index is 14.4. The number of aryl methyl sites for hydroxylation is 2. The van der Waals surface area contributed by atoms with Gasteiger partial charge in [-0.05, 0) is 77.3 Å². The van der Waals surface area contributed by atoms with Gasteiger partial charge in [0.15, 0.2) is 0 Å². The molecule has 3 atom stereocenters. The van der Waals surface area contributed by atoms with Gasteiger partial charge in [-0.1, -0.05) is 51.5 Å². The highest BCUT2D eigenvalue weighted by atomic mass is 16.6. The highest BCUT2D eigenvalue weighted by Gasteiger charge is 2.40. The minimum absolute atomic E-state index is 0.290. The summed E-state index contributed by atoms with van der Waals surface area (Å²) in [5, 5.41) is 5.40. The molecule has 0 bridgehead atoms. The Morgan fingerprint density at radius 2 is 1.59 bits per heavy atom. The molecule has 0 aliphatic heterocycles. The van der Waals surface area contributed by atoms with E-state index in [1.54, 1.807) is 25.7 Å². The number of ether oxygens (including phenoxy) is 2. The largest absolute Gasteiger partial charge is 0.468 e. The maximum Gasteiger partial charge on any atom is 0.408 e. The van der Waals surface area contributed by atoms with E-state index in [2.05, 4.69) is 24.5 Å². The monoisotopic (exact) mass is 547 g/mol. The average molecular weight is 548 g/mol. The van der Waals surface area contributed by atoms with Crippen LogP contribution in [0.2, 0.25) is 0 Å². The van der Waals surface area contributed by atoms with Crippen molar-refractivity contribution in [2.75, 3.05) is 13.7 Å². The van der Waals surface area contributed by atoms with Crippen LogP contribution in [0.4, 0.5) is 4.79 Å². The molecule has 0 saturated heterocycles. The number of alkyl carbamates (subject to hydrolysis) is 1. The fraction of sp³-hybridized carbons (Fsp3) is 0.667. The molecule has 1 aromatic rings. The topological polar surface area (TPSA) is 114 Å². The van der Waals surface area contributed by atoms with E-state index in [1.807, 2.05) is 52.8 Å². The van der Waals surface area contributed by atoms with Gasteiger partial charge in [0.1, 0.15) is 24.2 Å². The second-order valence-electron chi connectivity index (χ2n) is 12.0. The van der Waals surface area contributed by atoms with Crippen LogP contribution in [0.15, 0.2) is 18.2 Å². The van der Waals surface area contributed by atoms with Crippen LogP contribution in [0.25, 0.3) is 0 Å². The van der Waals surface area contributed by atoms with E-state index in [0.717, 1.165) is 17.5 Å². The van der Waals surface area contributed by atoms with Gasteiger partial charge >= 0.3 is 12.1 Å². The highest BCUT2D eigenvalue weighted by molar-refractivity contribution is 5.93. The lowest BCUT2D eigenvalue weighted by Crippen LogP contribution is -2.57. The molecule has 3 amide bonds. The van der Waals surface area contributed by atoms with E-state index in [4.69, 9.17) is 9.47 Å². The van der Waals surface area contributed by atoms with Crippen molar-refractivity contribution in [1.29, 1.82) is 0 Å². The Morgan fingerprint density at radius 1 is 0.974 bits per heavy atom. The molecular weight excluding hydrogens is 498 g/mol. The molecule has 9 heteroatoms. The number of benzene rings is 1. The summed E-state index contributed by atoms with van der Waals surface area (Å²) in [4.78, 5) is 54.3. The summed E-state index contributed by atoms with van der Waals surface area (Å²) in [6.07, 6.45) is 0.773. The van der Waals surface area contributed by atoms with Gasteiger partial charge in [-0.2, -0.15) is 0 Å². The number of esters is 1. The third-order valence-corrected chi connectivity index (χ3v) is 6.39. The molecule has 9 nitrogen and oxygen atoms in total. The van der Waals surface area contributed by atoms with Crippen molar-refractivity contribution in [3.05, 3.63) is 34.9 Å². The van der Waals surface area contributed by atoms with Gasteiger partial charge in [0.05, 0.1) is 7.11 Å². The number of nitrogens with zero attached hydrogens (tertiary/aromatic N) is 1. The number of hydrogen-bond acceptors (Lipinski definition) is 6. The average Bonchev–Trinajstić information content (AvgIpc) is 2.82. The van der Waals surface area contributed by atoms with E-state index in [0.29, 0.717) is 17.9 Å². The van der Waals surface area contributed by atoms with Crippen molar-refractivity contribution in [1.82, 2.24) is 15.5 Å². The third kappa shape index (κ3) is 10.9. The van der Waals surface area contributed by atoms with E-state index in [9.17, 15) is 19.2 Å². The van der Waals surface area contributed by atoms with Crippen molar-refractivity contribution < 1.29 is 28.7 Å². The fourth-order valence-corrected chi connectivity index (χ4v) is 4.22. The first kappa shape index (κ1) is 33.9. The van der Waals surface area contributed by atoms with Crippen molar-refractivity contribution in [3.63, 3.8) is 0 Å². The summed E-state index contributed by atoms with van der Waals surface area (Å²) >= 11 is 0. The number of carbonyl (C=O) groups is 4. The molecule has 2 N–H and O–H groups in total. The fourth-order valence-electron chi connectivity index (χ4n) is 4.22. The van der Waals surface area contributed by atoms with E-state index < -0.39 is 41.6 Å². The first-order valence-electron chi connectivity index (χ1n) is 13.7. The van der Waals surface area contributed by atoms with Crippen molar-refractivity contribution in [2.24, 2.45) is 11.8 Å². The molecule has 0 aliphatic rings. The SMILES string of the molecule is COC(=O)CNC(=O)C(c1cc(C)ccc1C)N(C(=O)C(NC(=O)OC(C)(C)C)C(C)C)C(C)CCC(C)C. The number of carbonyl (C=O) groups excluding carboxylic acids is 4. The van der Waals surface area contributed by atoms with Crippen molar-refractivity contribution in [3.8, 4) is 0 Å². The standard InChI is InChI=1S/C30H49N3O6/c1-18(2)12-15-22(7)33(28(36)25(19(3)4)32-29(37)39-30(8,9)10)26(27(35)31-17-24(34)38-11)23-16-20(5)13-14-21(23)6/h13-14,16,18-19,22,25-26H,12,15,17H2,1-11H3,(H,31,35)(H,32,37). The number of rotatable bonds is 12. The summed E-state index contributed by atoms with van der Waals surface area (Å²) in [5.74, 6) is -1.40. The van der Waals surface area contributed by atoms with Gasteiger partial charge in [-0.15, -0.1) is 0 Å². The van der Waals surface area contributed by atoms with Crippen LogP contribution in [-0.4, -0.2) is 60.1 Å². The molecule has 220 valence electrons. The lowest BCUT2D eigenvalue weighted by atomic mass is 9.92. The predicted molar refractivity (Wildman–Crippen MR) is 152 cm³/mol. The molecule has 0 heterocycles. The highest BCUT2D eigenvalue weighted by Crippen LogP contribution is 2.31. The molecule has 3 unspecified atom stereocenters. The number of nitrogens with one attached hydrogen (secondary N) is 2. The molecule has 1 rings (SSSR count). The quantitative estimate of drug-likeness (QED) is 0.362. The molecular formula is C30H49N3O6. The first-order valence-corrected chi connectivity index (χ1v) is 13.7. The van der Waals surface area contributed by atoms with Crippen LogP contribution in [0.1, 0.15) is 91.0 Å². The Balaban J connectivity index is 3.69. The summed E-state index contributed by atoms with van der Waals surface area (Å²) in [7, 11) is 1.25. The van der Waals surface area contributed by atoms with E-state index in [-0.39, 0.29) is 18.5 Å². The van der Waals surface area contributed by atoms with Gasteiger partial charge in [0.25, 0.3) is 0 Å². The lowest BCUT2D eigenvalue weighted by molar-refractivity contribution is -0.147. The zero-order valence-corrected chi connectivity index (χ0v) is 25.6. The van der Waals surface area contributed by atoms with Gasteiger partial charge in [0.2, 0.25) is 11.8 Å². The van der Waals surface area contributed by atoms with Gasteiger partial charge in [-0.25, -0.2) is 4.79 Å². The number of methoxy groups -OCH3 is 1. The molecule has 39 heavy (non-hydrogen) atoms. The molecule has 0 radical (unpaired) electrons. The molecule has 0 saturated carbocycles. The Bertz CT molecular complexity index is 999. The van der Waals surface area contributed by atoms with Gasteiger partial charge < -0.3 is 25.0 Å². The smallest absolute Gasteiger partial charge is 0.408 e. The van der Waals surface area contributed by atoms with Crippen molar-refractivity contribution in [2.45, 2.75) is 106 Å². The third-order valence-electron chi connectivity index (χ3n) is 6.39. The van der Waals surface area contributed by atoms with Crippen LogP contribution < -0.4 is 10.6 Å². The minimum atomic E-state index is -1.04. The normalized spacial score (nSPS) is 13.9. The molecule has 0 aromatic heterocycles. The first-order chi connectivity index (χ1) is 18.0.